The minimum atomic E-state index is -0.0303. The lowest BCUT2D eigenvalue weighted by Crippen LogP contribution is -2.37. The lowest BCUT2D eigenvalue weighted by atomic mass is 9.86. The molecular formula is C17H22N2O2S2. The summed E-state index contributed by atoms with van der Waals surface area (Å²) < 4.78 is 5.39. The number of nitrogens with zero attached hydrogens (tertiary/aromatic N) is 1. The number of rotatable bonds is 6. The highest BCUT2D eigenvalue weighted by atomic mass is 32.1. The predicted molar refractivity (Wildman–Crippen MR) is 93.8 cm³/mol. The van der Waals surface area contributed by atoms with Gasteiger partial charge in [-0.05, 0) is 48.1 Å². The van der Waals surface area contributed by atoms with Crippen molar-refractivity contribution in [2.75, 3.05) is 7.11 Å². The molecule has 124 valence electrons. The van der Waals surface area contributed by atoms with Gasteiger partial charge in [0.25, 0.3) is 0 Å². The molecule has 23 heavy (non-hydrogen) atoms. The molecule has 6 heteroatoms. The topological polar surface area (TPSA) is 51.2 Å². The molecule has 1 unspecified atom stereocenters. The maximum absolute atomic E-state index is 12.7. The van der Waals surface area contributed by atoms with Crippen LogP contribution >= 0.6 is 22.7 Å². The van der Waals surface area contributed by atoms with E-state index in [0.717, 1.165) is 37.1 Å². The fraction of sp³-hybridized carbons (Fsp3) is 0.529. The van der Waals surface area contributed by atoms with Gasteiger partial charge in [-0.25, -0.2) is 4.98 Å². The van der Waals surface area contributed by atoms with Crippen LogP contribution in [0.2, 0.25) is 0 Å². The van der Waals surface area contributed by atoms with Gasteiger partial charge in [-0.15, -0.1) is 11.3 Å². The van der Waals surface area contributed by atoms with Crippen LogP contribution in [-0.4, -0.2) is 24.1 Å². The molecular weight excluding hydrogens is 328 g/mol. The second-order valence-electron chi connectivity index (χ2n) is 5.98. The number of methoxy groups -OCH3 is 1. The Hall–Kier alpha value is -1.24. The summed E-state index contributed by atoms with van der Waals surface area (Å²) in [6.45, 7) is 0. The van der Waals surface area contributed by atoms with Crippen LogP contribution in [0.15, 0.2) is 28.4 Å². The van der Waals surface area contributed by atoms with Crippen LogP contribution in [0, 0.1) is 5.92 Å². The molecule has 0 radical (unpaired) electrons. The average molecular weight is 351 g/mol. The Balaban J connectivity index is 1.63. The zero-order valence-corrected chi connectivity index (χ0v) is 14.9. The summed E-state index contributed by atoms with van der Waals surface area (Å²) in [5.41, 5.74) is 1.25. The van der Waals surface area contributed by atoms with Gasteiger partial charge < -0.3 is 10.1 Å². The molecule has 3 rings (SSSR count). The van der Waals surface area contributed by atoms with E-state index in [9.17, 15) is 4.79 Å². The summed E-state index contributed by atoms with van der Waals surface area (Å²) in [6.07, 6.45) is 6.69. The zero-order valence-electron chi connectivity index (χ0n) is 13.2. The molecule has 0 bridgehead atoms. The van der Waals surface area contributed by atoms with Crippen molar-refractivity contribution < 1.29 is 9.53 Å². The number of amides is 1. The van der Waals surface area contributed by atoms with E-state index >= 15 is 0 Å². The first-order valence-electron chi connectivity index (χ1n) is 8.00. The van der Waals surface area contributed by atoms with Crippen LogP contribution in [0.5, 0.6) is 0 Å². The molecule has 1 atom stereocenters. The fourth-order valence-corrected chi connectivity index (χ4v) is 4.47. The number of hydrogen-bond acceptors (Lipinski definition) is 5. The quantitative estimate of drug-likeness (QED) is 0.862. The standard InChI is InChI=1S/C17H22N2O2S2/c1-21-14-4-2-13(3-5-14)16(20)19-15(17-18-7-9-23-17)10-12-6-8-22-11-12/h6-9,11,13-15H,2-5,10H2,1H3,(H,19,20). The van der Waals surface area contributed by atoms with Gasteiger partial charge in [0.15, 0.2) is 0 Å². The summed E-state index contributed by atoms with van der Waals surface area (Å²) in [7, 11) is 1.75. The van der Waals surface area contributed by atoms with E-state index in [4.69, 9.17) is 4.74 Å². The van der Waals surface area contributed by atoms with Gasteiger partial charge in [-0.1, -0.05) is 0 Å². The second-order valence-corrected chi connectivity index (χ2v) is 7.68. The highest BCUT2D eigenvalue weighted by Crippen LogP contribution is 2.28. The summed E-state index contributed by atoms with van der Waals surface area (Å²) in [6, 6.07) is 2.08. The smallest absolute Gasteiger partial charge is 0.223 e. The van der Waals surface area contributed by atoms with E-state index in [1.807, 2.05) is 5.38 Å². The Morgan fingerprint density at radius 2 is 2.22 bits per heavy atom. The van der Waals surface area contributed by atoms with E-state index in [0.29, 0.717) is 6.10 Å². The van der Waals surface area contributed by atoms with Crippen molar-refractivity contribution in [1.82, 2.24) is 10.3 Å². The van der Waals surface area contributed by atoms with Gasteiger partial charge in [0.2, 0.25) is 5.91 Å². The van der Waals surface area contributed by atoms with Gasteiger partial charge in [-0.2, -0.15) is 11.3 Å². The second kappa shape index (κ2) is 8.04. The number of thiophene rings is 1. The Morgan fingerprint density at radius 3 is 2.83 bits per heavy atom. The molecule has 1 aliphatic carbocycles. The third-order valence-corrected chi connectivity index (χ3v) is 6.09. The van der Waals surface area contributed by atoms with Crippen LogP contribution in [-0.2, 0) is 16.0 Å². The van der Waals surface area contributed by atoms with Crippen molar-refractivity contribution in [3.63, 3.8) is 0 Å². The van der Waals surface area contributed by atoms with Crippen molar-refractivity contribution >= 4 is 28.6 Å². The van der Waals surface area contributed by atoms with Crippen molar-refractivity contribution in [2.24, 2.45) is 5.92 Å². The largest absolute Gasteiger partial charge is 0.381 e. The highest BCUT2D eigenvalue weighted by molar-refractivity contribution is 7.09. The minimum Gasteiger partial charge on any atom is -0.381 e. The first kappa shape index (κ1) is 16.6. The molecule has 2 heterocycles. The molecule has 1 N–H and O–H groups in total. The van der Waals surface area contributed by atoms with Gasteiger partial charge in [0, 0.05) is 31.0 Å². The monoisotopic (exact) mass is 350 g/mol. The maximum Gasteiger partial charge on any atom is 0.223 e. The van der Waals surface area contributed by atoms with Crippen molar-refractivity contribution in [1.29, 1.82) is 0 Å². The number of ether oxygens (including phenoxy) is 1. The molecule has 0 aromatic carbocycles. The Labute approximate surface area is 144 Å². The SMILES string of the molecule is COC1CCC(C(=O)NC(Cc2ccsc2)c2nccs2)CC1. The predicted octanol–water partition coefficient (Wildman–Crippen LogP) is 3.81. The van der Waals surface area contributed by atoms with Crippen molar-refractivity contribution in [2.45, 2.75) is 44.2 Å². The van der Waals surface area contributed by atoms with E-state index < -0.39 is 0 Å². The number of hydrogen-bond donors (Lipinski definition) is 1. The number of carbonyl (C=O) groups is 1. The minimum absolute atomic E-state index is 0.0303. The summed E-state index contributed by atoms with van der Waals surface area (Å²) in [5, 5.41) is 10.4. The van der Waals surface area contributed by atoms with Gasteiger partial charge >= 0.3 is 0 Å². The summed E-state index contributed by atoms with van der Waals surface area (Å²) in [4.78, 5) is 17.1. The Morgan fingerprint density at radius 1 is 1.39 bits per heavy atom. The zero-order chi connectivity index (χ0) is 16.1. The Kier molecular flexibility index (Phi) is 5.80. The molecule has 2 aromatic rings. The molecule has 1 saturated carbocycles. The summed E-state index contributed by atoms with van der Waals surface area (Å²) in [5.74, 6) is 0.265. The number of thiazole rings is 1. The molecule has 0 aliphatic heterocycles. The van der Waals surface area contributed by atoms with Gasteiger partial charge in [-0.3, -0.25) is 4.79 Å². The van der Waals surface area contributed by atoms with Gasteiger partial charge in [0.1, 0.15) is 5.01 Å². The first-order chi connectivity index (χ1) is 11.3. The molecule has 0 saturated heterocycles. The van der Waals surface area contributed by atoms with E-state index in [1.54, 1.807) is 36.0 Å². The fourth-order valence-electron chi connectivity index (χ4n) is 3.10. The van der Waals surface area contributed by atoms with E-state index in [2.05, 4.69) is 27.1 Å². The highest BCUT2D eigenvalue weighted by Gasteiger charge is 2.28. The normalized spacial score (nSPS) is 22.7. The Bertz CT molecular complexity index is 590. The van der Waals surface area contributed by atoms with Crippen LogP contribution in [0.4, 0.5) is 0 Å². The number of carbonyl (C=O) groups excluding carboxylic acids is 1. The molecule has 4 nitrogen and oxygen atoms in total. The molecule has 1 fully saturated rings. The van der Waals surface area contributed by atoms with Gasteiger partial charge in [0.05, 0.1) is 12.1 Å². The van der Waals surface area contributed by atoms with Crippen LogP contribution in [0.1, 0.15) is 42.3 Å². The number of aromatic nitrogens is 1. The molecule has 1 amide bonds. The molecule has 2 aromatic heterocycles. The molecule has 1 aliphatic rings. The lowest BCUT2D eigenvalue weighted by Gasteiger charge is -2.28. The van der Waals surface area contributed by atoms with Crippen LogP contribution in [0.3, 0.4) is 0 Å². The average Bonchev–Trinajstić information content (AvgIpc) is 3.27. The van der Waals surface area contributed by atoms with Crippen LogP contribution in [0.25, 0.3) is 0 Å². The third-order valence-electron chi connectivity index (χ3n) is 4.46. The van der Waals surface area contributed by atoms with E-state index in [1.165, 1.54) is 5.56 Å². The molecule has 0 spiro atoms. The lowest BCUT2D eigenvalue weighted by molar-refractivity contribution is -0.127. The summed E-state index contributed by atoms with van der Waals surface area (Å²) >= 11 is 3.29. The van der Waals surface area contributed by atoms with Crippen molar-refractivity contribution in [3.8, 4) is 0 Å². The number of nitrogens with one attached hydrogen (secondary N) is 1. The van der Waals surface area contributed by atoms with Crippen molar-refractivity contribution in [3.05, 3.63) is 39.0 Å². The maximum atomic E-state index is 12.7. The van der Waals surface area contributed by atoms with Crippen LogP contribution < -0.4 is 5.32 Å². The third kappa shape index (κ3) is 4.40. The van der Waals surface area contributed by atoms with E-state index in [-0.39, 0.29) is 17.9 Å². The first-order valence-corrected chi connectivity index (χ1v) is 9.82.